The highest BCUT2D eigenvalue weighted by molar-refractivity contribution is 7.89. The molecule has 1 amide bonds. The number of amides is 1. The first kappa shape index (κ1) is 27.0. The number of carbonyl (C=O) groups excluding carboxylic acids is 1. The summed E-state index contributed by atoms with van der Waals surface area (Å²) in [6.45, 7) is 7.51. The molecule has 2 aromatic carbocycles. The predicted octanol–water partition coefficient (Wildman–Crippen LogP) is 2.90. The van der Waals surface area contributed by atoms with Crippen molar-refractivity contribution in [3.05, 3.63) is 72.6 Å². The van der Waals surface area contributed by atoms with E-state index in [4.69, 9.17) is 4.74 Å². The molecule has 0 aromatic heterocycles. The highest BCUT2D eigenvalue weighted by Crippen LogP contribution is 2.16. The molecule has 34 heavy (non-hydrogen) atoms. The summed E-state index contributed by atoms with van der Waals surface area (Å²) in [6.07, 6.45) is 1.71. The Morgan fingerprint density at radius 3 is 2.24 bits per heavy atom. The summed E-state index contributed by atoms with van der Waals surface area (Å²) in [7, 11) is -4.20. The molecule has 2 atom stereocenters. The van der Waals surface area contributed by atoms with Gasteiger partial charge in [0.1, 0.15) is 30.3 Å². The van der Waals surface area contributed by atoms with E-state index in [1.54, 1.807) is 30.3 Å². The van der Waals surface area contributed by atoms with Gasteiger partial charge in [0.2, 0.25) is 15.9 Å². The number of aliphatic carboxylic acids is 1. The Hall–Kier alpha value is -3.24. The van der Waals surface area contributed by atoms with Crippen LogP contribution in [0.5, 0.6) is 5.75 Å². The Kier molecular flexibility index (Phi) is 9.76. The van der Waals surface area contributed by atoms with Crippen molar-refractivity contribution in [3.8, 4) is 5.75 Å². The van der Waals surface area contributed by atoms with Crippen LogP contribution in [0.1, 0.15) is 25.8 Å². The van der Waals surface area contributed by atoms with Gasteiger partial charge in [-0.25, -0.2) is 17.6 Å². The van der Waals surface area contributed by atoms with E-state index < -0.39 is 39.8 Å². The van der Waals surface area contributed by atoms with Crippen LogP contribution in [-0.2, 0) is 26.0 Å². The van der Waals surface area contributed by atoms with Crippen LogP contribution >= 0.6 is 0 Å². The van der Waals surface area contributed by atoms with Gasteiger partial charge in [-0.3, -0.25) is 4.79 Å². The summed E-state index contributed by atoms with van der Waals surface area (Å²) in [5.41, 5.74) is 0.614. The van der Waals surface area contributed by atoms with Gasteiger partial charge in [-0.15, -0.1) is 0 Å². The van der Waals surface area contributed by atoms with Crippen LogP contribution in [0.3, 0.4) is 0 Å². The second-order valence-corrected chi connectivity index (χ2v) is 9.82. The van der Waals surface area contributed by atoms with E-state index in [1.165, 1.54) is 0 Å². The maximum absolute atomic E-state index is 13.2. The molecular formula is C24H29FN2O6S. The van der Waals surface area contributed by atoms with Crippen LogP contribution in [0, 0.1) is 11.7 Å². The number of rotatable bonds is 13. The number of ether oxygens (including phenoxy) is 1. The quantitative estimate of drug-likeness (QED) is 0.370. The molecule has 184 valence electrons. The molecule has 3 N–H and O–H groups in total. The van der Waals surface area contributed by atoms with Crippen molar-refractivity contribution in [1.82, 2.24) is 10.0 Å². The molecule has 2 aromatic rings. The largest absolute Gasteiger partial charge is 0.490 e. The Bertz CT molecular complexity index is 1090. The Morgan fingerprint density at radius 2 is 1.71 bits per heavy atom. The summed E-state index contributed by atoms with van der Waals surface area (Å²) < 4.78 is 46.7. The second-order valence-electron chi connectivity index (χ2n) is 8.10. The summed E-state index contributed by atoms with van der Waals surface area (Å²) >= 11 is 0. The van der Waals surface area contributed by atoms with E-state index in [-0.39, 0.29) is 23.7 Å². The molecule has 0 aliphatic rings. The van der Waals surface area contributed by atoms with E-state index in [9.17, 15) is 27.5 Å². The number of hydrogen-bond donors (Lipinski definition) is 3. The van der Waals surface area contributed by atoms with E-state index in [2.05, 4.69) is 16.6 Å². The zero-order valence-electron chi connectivity index (χ0n) is 19.0. The molecule has 8 nitrogen and oxygen atoms in total. The lowest BCUT2D eigenvalue weighted by Crippen LogP contribution is -2.52. The van der Waals surface area contributed by atoms with Crippen LogP contribution in [-0.4, -0.2) is 44.1 Å². The lowest BCUT2D eigenvalue weighted by molar-refractivity contribution is -0.142. The fourth-order valence-corrected chi connectivity index (χ4v) is 4.33. The first-order valence-electron chi connectivity index (χ1n) is 10.7. The first-order chi connectivity index (χ1) is 16.0. The molecule has 0 saturated heterocycles. The van der Waals surface area contributed by atoms with Gasteiger partial charge in [0.25, 0.3) is 0 Å². The van der Waals surface area contributed by atoms with Gasteiger partial charge in [-0.2, -0.15) is 4.72 Å². The third-order valence-corrected chi connectivity index (χ3v) is 6.28. The number of carboxylic acids is 1. The van der Waals surface area contributed by atoms with Gasteiger partial charge in [0, 0.05) is 0 Å². The molecule has 0 radical (unpaired) electrons. The SMILES string of the molecule is C=CCOc1ccc(CC(NS(=O)(=O)c2ccc(F)cc2)C(=O)NC(CC(C)C)C(=O)O)cc1. The van der Waals surface area contributed by atoms with Crippen LogP contribution in [0.15, 0.2) is 66.1 Å². The number of hydrogen-bond acceptors (Lipinski definition) is 5. The molecular weight excluding hydrogens is 463 g/mol. The molecule has 0 saturated carbocycles. The van der Waals surface area contributed by atoms with Crippen LogP contribution in [0.4, 0.5) is 4.39 Å². The zero-order chi connectivity index (χ0) is 25.3. The smallest absolute Gasteiger partial charge is 0.326 e. The van der Waals surface area contributed by atoms with Crippen LogP contribution in [0.25, 0.3) is 0 Å². The van der Waals surface area contributed by atoms with Gasteiger partial charge < -0.3 is 15.2 Å². The monoisotopic (exact) mass is 492 g/mol. The number of benzene rings is 2. The normalized spacial score (nSPS) is 13.2. The number of carboxylic acid groups (broad SMARTS) is 1. The van der Waals surface area contributed by atoms with Crippen molar-refractivity contribution in [2.75, 3.05) is 6.61 Å². The minimum atomic E-state index is -4.20. The highest BCUT2D eigenvalue weighted by Gasteiger charge is 2.30. The Labute approximate surface area is 198 Å². The molecule has 0 aliphatic carbocycles. The molecule has 2 unspecified atom stereocenters. The van der Waals surface area contributed by atoms with Gasteiger partial charge in [0.05, 0.1) is 4.90 Å². The molecule has 0 bridgehead atoms. The van der Waals surface area contributed by atoms with Crippen molar-refractivity contribution < 1.29 is 32.2 Å². The maximum Gasteiger partial charge on any atom is 0.326 e. The molecule has 10 heteroatoms. The summed E-state index contributed by atoms with van der Waals surface area (Å²) in [6, 6.07) is 8.34. The number of nitrogens with one attached hydrogen (secondary N) is 2. The van der Waals surface area contributed by atoms with E-state index >= 15 is 0 Å². The lowest BCUT2D eigenvalue weighted by Gasteiger charge is -2.22. The van der Waals surface area contributed by atoms with E-state index in [0.29, 0.717) is 17.9 Å². The minimum Gasteiger partial charge on any atom is -0.490 e. The Balaban J connectivity index is 2.29. The molecule has 0 spiro atoms. The molecule has 2 rings (SSSR count). The van der Waals surface area contributed by atoms with E-state index in [0.717, 1.165) is 24.3 Å². The maximum atomic E-state index is 13.2. The summed E-state index contributed by atoms with van der Waals surface area (Å²) in [5.74, 6) is -2.06. The lowest BCUT2D eigenvalue weighted by atomic mass is 10.0. The number of carbonyl (C=O) groups is 2. The zero-order valence-corrected chi connectivity index (χ0v) is 19.8. The van der Waals surface area contributed by atoms with Gasteiger partial charge in [-0.05, 0) is 60.7 Å². The van der Waals surface area contributed by atoms with Gasteiger partial charge >= 0.3 is 5.97 Å². The highest BCUT2D eigenvalue weighted by atomic mass is 32.2. The van der Waals surface area contributed by atoms with Crippen molar-refractivity contribution >= 4 is 21.9 Å². The van der Waals surface area contributed by atoms with Crippen LogP contribution in [0.2, 0.25) is 0 Å². The van der Waals surface area contributed by atoms with Gasteiger partial charge in [0.15, 0.2) is 0 Å². The van der Waals surface area contributed by atoms with E-state index in [1.807, 2.05) is 13.8 Å². The van der Waals surface area contributed by atoms with Crippen molar-refractivity contribution in [1.29, 1.82) is 0 Å². The molecule has 0 heterocycles. The van der Waals surface area contributed by atoms with Crippen molar-refractivity contribution in [2.24, 2.45) is 5.92 Å². The third-order valence-electron chi connectivity index (χ3n) is 4.79. The predicted molar refractivity (Wildman–Crippen MR) is 125 cm³/mol. The summed E-state index contributed by atoms with van der Waals surface area (Å²) in [5, 5.41) is 11.9. The fraction of sp³-hybridized carbons (Fsp3) is 0.333. The number of halogens is 1. The van der Waals surface area contributed by atoms with Crippen LogP contribution < -0.4 is 14.8 Å². The first-order valence-corrected chi connectivity index (χ1v) is 12.1. The van der Waals surface area contributed by atoms with Crippen molar-refractivity contribution in [2.45, 2.75) is 43.7 Å². The fourth-order valence-electron chi connectivity index (χ4n) is 3.13. The average Bonchev–Trinajstić information content (AvgIpc) is 2.77. The minimum absolute atomic E-state index is 0.0149. The molecule has 0 aliphatic heterocycles. The average molecular weight is 493 g/mol. The topological polar surface area (TPSA) is 122 Å². The Morgan fingerprint density at radius 1 is 1.09 bits per heavy atom. The summed E-state index contributed by atoms with van der Waals surface area (Å²) in [4.78, 5) is 24.4. The van der Waals surface area contributed by atoms with Gasteiger partial charge in [-0.1, -0.05) is 38.6 Å². The van der Waals surface area contributed by atoms with Crippen molar-refractivity contribution in [3.63, 3.8) is 0 Å². The standard InChI is InChI=1S/C24H29FN2O6S/c1-4-13-33-19-9-5-17(6-10-19)15-21(23(28)26-22(24(29)30)14-16(2)3)27-34(31,32)20-11-7-18(25)8-12-20/h4-12,16,21-22,27H,1,13-15H2,2-3H3,(H,26,28)(H,29,30). The third kappa shape index (κ3) is 8.27. The second kappa shape index (κ2) is 12.3. The number of sulfonamides is 1. The molecule has 0 fully saturated rings.